The quantitative estimate of drug-likeness (QED) is 0.780. The number of hydrogen-bond acceptors (Lipinski definition) is 4. The number of nitrogens with zero attached hydrogens (tertiary/aromatic N) is 2. The fraction of sp³-hybridized carbons (Fsp3) is 0.636. The van der Waals surface area contributed by atoms with E-state index in [-0.39, 0.29) is 5.95 Å². The van der Waals surface area contributed by atoms with Gasteiger partial charge in [0.1, 0.15) is 11.0 Å². The molecule has 3 atom stereocenters. The average Bonchev–Trinajstić information content (AvgIpc) is 2.48. The van der Waals surface area contributed by atoms with Crippen LogP contribution >= 0.6 is 11.6 Å². The van der Waals surface area contributed by atoms with Crippen molar-refractivity contribution in [2.75, 3.05) is 11.1 Å². The van der Waals surface area contributed by atoms with Crippen LogP contribution in [0.25, 0.3) is 0 Å². The Morgan fingerprint density at radius 1 is 1.38 bits per heavy atom. The molecule has 0 aliphatic heterocycles. The Labute approximate surface area is 101 Å². The minimum absolute atomic E-state index is 0.216. The average molecular weight is 241 g/mol. The molecule has 1 aromatic heterocycles. The van der Waals surface area contributed by atoms with Crippen molar-refractivity contribution in [3.8, 4) is 0 Å². The standard InChI is InChI=1S/C11H17ClN4/c1-6-3-4-8(7(6)2)14-10-5-9(12)15-11(13)16-10/h5-8H,3-4H2,1-2H3,(H3,13,14,15,16). The van der Waals surface area contributed by atoms with Crippen LogP contribution in [0.15, 0.2) is 6.07 Å². The van der Waals surface area contributed by atoms with Crippen molar-refractivity contribution >= 4 is 23.4 Å². The Hall–Kier alpha value is -1.03. The predicted octanol–water partition coefficient (Wildman–Crippen LogP) is 2.56. The van der Waals surface area contributed by atoms with Gasteiger partial charge in [0.25, 0.3) is 0 Å². The molecule has 16 heavy (non-hydrogen) atoms. The van der Waals surface area contributed by atoms with E-state index in [0.29, 0.717) is 17.1 Å². The third-order valence-electron chi connectivity index (χ3n) is 3.51. The molecule has 4 nitrogen and oxygen atoms in total. The van der Waals surface area contributed by atoms with Crippen molar-refractivity contribution in [3.63, 3.8) is 0 Å². The van der Waals surface area contributed by atoms with Gasteiger partial charge in [-0.1, -0.05) is 25.4 Å². The van der Waals surface area contributed by atoms with Crippen molar-refractivity contribution in [1.29, 1.82) is 0 Å². The van der Waals surface area contributed by atoms with Gasteiger partial charge in [-0.2, -0.15) is 4.98 Å². The van der Waals surface area contributed by atoms with E-state index in [1.54, 1.807) is 6.07 Å². The lowest BCUT2D eigenvalue weighted by Crippen LogP contribution is -2.24. The number of nitrogen functional groups attached to an aromatic ring is 1. The molecule has 1 aromatic rings. The summed E-state index contributed by atoms with van der Waals surface area (Å²) in [7, 11) is 0. The first-order valence-electron chi connectivity index (χ1n) is 5.63. The summed E-state index contributed by atoms with van der Waals surface area (Å²) in [4.78, 5) is 7.96. The second-order valence-electron chi connectivity index (χ2n) is 4.60. The minimum atomic E-state index is 0.216. The van der Waals surface area contributed by atoms with Gasteiger partial charge in [-0.15, -0.1) is 0 Å². The van der Waals surface area contributed by atoms with Crippen LogP contribution < -0.4 is 11.1 Å². The molecular formula is C11H17ClN4. The molecule has 0 aromatic carbocycles. The largest absolute Gasteiger partial charge is 0.368 e. The number of anilines is 2. The van der Waals surface area contributed by atoms with Gasteiger partial charge in [-0.3, -0.25) is 0 Å². The summed E-state index contributed by atoms with van der Waals surface area (Å²) < 4.78 is 0. The molecule has 0 spiro atoms. The summed E-state index contributed by atoms with van der Waals surface area (Å²) in [6.45, 7) is 4.55. The SMILES string of the molecule is CC1CCC(Nc2cc(Cl)nc(N)n2)C1C. The van der Waals surface area contributed by atoms with E-state index in [2.05, 4.69) is 29.1 Å². The second-order valence-corrected chi connectivity index (χ2v) is 4.99. The Morgan fingerprint density at radius 3 is 2.69 bits per heavy atom. The maximum atomic E-state index is 5.83. The Morgan fingerprint density at radius 2 is 2.12 bits per heavy atom. The number of nitrogens with two attached hydrogens (primary N) is 1. The van der Waals surface area contributed by atoms with Gasteiger partial charge in [0.05, 0.1) is 0 Å². The molecule has 1 saturated carbocycles. The zero-order chi connectivity index (χ0) is 11.7. The van der Waals surface area contributed by atoms with E-state index >= 15 is 0 Å². The third-order valence-corrected chi connectivity index (χ3v) is 3.70. The number of hydrogen-bond donors (Lipinski definition) is 2. The number of halogens is 1. The topological polar surface area (TPSA) is 63.8 Å². The second kappa shape index (κ2) is 4.45. The van der Waals surface area contributed by atoms with Crippen LogP contribution in [-0.4, -0.2) is 16.0 Å². The highest BCUT2D eigenvalue weighted by molar-refractivity contribution is 6.29. The van der Waals surface area contributed by atoms with Crippen LogP contribution in [0.5, 0.6) is 0 Å². The monoisotopic (exact) mass is 240 g/mol. The Balaban J connectivity index is 2.09. The summed E-state index contributed by atoms with van der Waals surface area (Å²) in [5.41, 5.74) is 5.55. The molecule has 1 fully saturated rings. The molecule has 3 unspecified atom stereocenters. The lowest BCUT2D eigenvalue weighted by atomic mass is 9.98. The predicted molar refractivity (Wildman–Crippen MR) is 66.4 cm³/mol. The van der Waals surface area contributed by atoms with Gasteiger partial charge >= 0.3 is 0 Å². The van der Waals surface area contributed by atoms with Gasteiger partial charge in [0, 0.05) is 12.1 Å². The smallest absolute Gasteiger partial charge is 0.223 e. The number of aromatic nitrogens is 2. The van der Waals surface area contributed by atoms with Crippen LogP contribution in [0.3, 0.4) is 0 Å². The van der Waals surface area contributed by atoms with E-state index in [1.807, 2.05) is 0 Å². The molecule has 0 amide bonds. The highest BCUT2D eigenvalue weighted by Gasteiger charge is 2.29. The summed E-state index contributed by atoms with van der Waals surface area (Å²) in [6.07, 6.45) is 2.43. The van der Waals surface area contributed by atoms with Crippen molar-refractivity contribution in [1.82, 2.24) is 9.97 Å². The maximum Gasteiger partial charge on any atom is 0.223 e. The van der Waals surface area contributed by atoms with Crippen molar-refractivity contribution in [2.45, 2.75) is 32.7 Å². The van der Waals surface area contributed by atoms with Crippen LogP contribution in [0.1, 0.15) is 26.7 Å². The molecular weight excluding hydrogens is 224 g/mol. The van der Waals surface area contributed by atoms with E-state index in [4.69, 9.17) is 17.3 Å². The summed E-state index contributed by atoms with van der Waals surface area (Å²) in [5, 5.41) is 3.77. The number of rotatable bonds is 2. The maximum absolute atomic E-state index is 5.83. The fourth-order valence-electron chi connectivity index (χ4n) is 2.27. The van der Waals surface area contributed by atoms with Gasteiger partial charge in [0.2, 0.25) is 5.95 Å². The van der Waals surface area contributed by atoms with Gasteiger partial charge in [-0.25, -0.2) is 4.98 Å². The highest BCUT2D eigenvalue weighted by atomic mass is 35.5. The third kappa shape index (κ3) is 2.38. The zero-order valence-corrected chi connectivity index (χ0v) is 10.3. The van der Waals surface area contributed by atoms with Crippen LogP contribution in [0.4, 0.5) is 11.8 Å². The molecule has 2 rings (SSSR count). The molecule has 1 aliphatic carbocycles. The van der Waals surface area contributed by atoms with Crippen molar-refractivity contribution < 1.29 is 0 Å². The lowest BCUT2D eigenvalue weighted by Gasteiger charge is -2.20. The first kappa shape index (κ1) is 11.5. The molecule has 0 radical (unpaired) electrons. The molecule has 0 bridgehead atoms. The van der Waals surface area contributed by atoms with Crippen LogP contribution in [-0.2, 0) is 0 Å². The first-order valence-corrected chi connectivity index (χ1v) is 6.00. The molecule has 3 N–H and O–H groups in total. The molecule has 5 heteroatoms. The van der Waals surface area contributed by atoms with E-state index in [1.165, 1.54) is 12.8 Å². The van der Waals surface area contributed by atoms with E-state index < -0.39 is 0 Å². The molecule has 1 aliphatic rings. The lowest BCUT2D eigenvalue weighted by molar-refractivity contribution is 0.435. The van der Waals surface area contributed by atoms with Crippen molar-refractivity contribution in [3.05, 3.63) is 11.2 Å². The van der Waals surface area contributed by atoms with E-state index in [9.17, 15) is 0 Å². The molecule has 0 saturated heterocycles. The molecule has 1 heterocycles. The first-order chi connectivity index (χ1) is 7.56. The Kier molecular flexibility index (Phi) is 3.19. The van der Waals surface area contributed by atoms with Gasteiger partial charge in [0.15, 0.2) is 0 Å². The number of nitrogens with one attached hydrogen (secondary N) is 1. The van der Waals surface area contributed by atoms with Gasteiger partial charge < -0.3 is 11.1 Å². The summed E-state index contributed by atoms with van der Waals surface area (Å²) in [6, 6.07) is 2.17. The normalized spacial score (nSPS) is 29.3. The van der Waals surface area contributed by atoms with Gasteiger partial charge in [-0.05, 0) is 24.7 Å². The minimum Gasteiger partial charge on any atom is -0.368 e. The highest BCUT2D eigenvalue weighted by Crippen LogP contribution is 2.33. The van der Waals surface area contributed by atoms with Crippen LogP contribution in [0.2, 0.25) is 5.15 Å². The fourth-order valence-corrected chi connectivity index (χ4v) is 2.46. The van der Waals surface area contributed by atoms with E-state index in [0.717, 1.165) is 11.7 Å². The molecule has 88 valence electrons. The summed E-state index contributed by atoms with van der Waals surface area (Å²) >= 11 is 5.83. The van der Waals surface area contributed by atoms with Crippen LogP contribution in [0, 0.1) is 11.8 Å². The summed E-state index contributed by atoms with van der Waals surface area (Å²) in [5.74, 6) is 2.35. The van der Waals surface area contributed by atoms with Crippen molar-refractivity contribution in [2.24, 2.45) is 11.8 Å². The Bertz CT molecular complexity index is 362. The zero-order valence-electron chi connectivity index (χ0n) is 9.57.